The molecule has 3 N–H and O–H groups in total. The Morgan fingerprint density at radius 3 is 2.80 bits per heavy atom. The van der Waals surface area contributed by atoms with Gasteiger partial charge in [0.15, 0.2) is 0 Å². The monoisotopic (exact) mass is 212 g/mol. The van der Waals surface area contributed by atoms with Gasteiger partial charge >= 0.3 is 5.97 Å². The van der Waals surface area contributed by atoms with Gasteiger partial charge in [-0.25, -0.2) is 4.39 Å². The Bertz CT molecular complexity index is 368. The van der Waals surface area contributed by atoms with E-state index in [1.165, 1.54) is 19.2 Å². The number of hydrogen-bond acceptors (Lipinski definition) is 3. The van der Waals surface area contributed by atoms with E-state index in [2.05, 4.69) is 0 Å². The number of methoxy groups -OCH3 is 1. The Kier molecular flexibility index (Phi) is 3.62. The van der Waals surface area contributed by atoms with Crippen molar-refractivity contribution in [2.24, 2.45) is 5.73 Å². The SMILES string of the molecule is COc1ccc(CC(N)C(=O)O)c([18F])c1. The summed E-state index contributed by atoms with van der Waals surface area (Å²) in [6, 6.07) is 3.14. The minimum Gasteiger partial charge on any atom is -0.497 e. The molecular weight excluding hydrogens is 200 g/mol. The Balaban J connectivity index is 2.82. The summed E-state index contributed by atoms with van der Waals surface area (Å²) in [6.45, 7) is 0. The van der Waals surface area contributed by atoms with Crippen molar-refractivity contribution in [3.63, 3.8) is 0 Å². The van der Waals surface area contributed by atoms with Crippen LogP contribution in [0.25, 0.3) is 0 Å². The largest absolute Gasteiger partial charge is 0.497 e. The Morgan fingerprint density at radius 2 is 2.33 bits per heavy atom. The molecule has 1 aromatic carbocycles. The molecule has 1 unspecified atom stereocenters. The lowest BCUT2D eigenvalue weighted by Gasteiger charge is -2.08. The van der Waals surface area contributed by atoms with Crippen LogP contribution in [-0.2, 0) is 11.2 Å². The minimum absolute atomic E-state index is 0.0365. The maximum absolute atomic E-state index is 13.3. The first-order chi connectivity index (χ1) is 7.04. The summed E-state index contributed by atoms with van der Waals surface area (Å²) in [4.78, 5) is 10.5. The second-order valence-corrected chi connectivity index (χ2v) is 3.11. The molecule has 1 rings (SSSR count). The summed E-state index contributed by atoms with van der Waals surface area (Å²) in [5.41, 5.74) is 5.56. The topological polar surface area (TPSA) is 72.5 Å². The zero-order chi connectivity index (χ0) is 11.4. The lowest BCUT2D eigenvalue weighted by molar-refractivity contribution is -0.138. The summed E-state index contributed by atoms with van der Waals surface area (Å²) >= 11 is 0. The van der Waals surface area contributed by atoms with E-state index < -0.39 is 17.8 Å². The first kappa shape index (κ1) is 11.5. The van der Waals surface area contributed by atoms with E-state index in [4.69, 9.17) is 15.6 Å². The van der Waals surface area contributed by atoms with Crippen molar-refractivity contribution in [2.45, 2.75) is 12.5 Å². The first-order valence-electron chi connectivity index (χ1n) is 4.35. The number of carbonyl (C=O) groups is 1. The molecule has 0 aromatic heterocycles. The number of nitrogens with two attached hydrogens (primary N) is 1. The molecule has 82 valence electrons. The number of carboxylic acids is 1. The van der Waals surface area contributed by atoms with Crippen molar-refractivity contribution in [3.05, 3.63) is 29.6 Å². The van der Waals surface area contributed by atoms with E-state index in [0.717, 1.165) is 0 Å². The van der Waals surface area contributed by atoms with Gasteiger partial charge in [0.05, 0.1) is 7.11 Å². The van der Waals surface area contributed by atoms with Crippen LogP contribution < -0.4 is 10.5 Å². The third-order valence-electron chi connectivity index (χ3n) is 2.02. The molecule has 1 aromatic rings. The average molecular weight is 212 g/mol. The Hall–Kier alpha value is -1.62. The van der Waals surface area contributed by atoms with E-state index in [1.807, 2.05) is 0 Å². The van der Waals surface area contributed by atoms with E-state index in [-0.39, 0.29) is 12.0 Å². The molecule has 0 saturated carbocycles. The van der Waals surface area contributed by atoms with Gasteiger partial charge < -0.3 is 15.6 Å². The Labute approximate surface area is 86.5 Å². The molecule has 0 spiro atoms. The summed E-state index contributed by atoms with van der Waals surface area (Å²) in [5.74, 6) is -1.27. The molecule has 0 bridgehead atoms. The van der Waals surface area contributed by atoms with Gasteiger partial charge in [-0.3, -0.25) is 4.79 Å². The van der Waals surface area contributed by atoms with Crippen molar-refractivity contribution in [1.82, 2.24) is 0 Å². The van der Waals surface area contributed by atoms with Crippen LogP contribution in [0.15, 0.2) is 18.2 Å². The molecule has 5 heteroatoms. The smallest absolute Gasteiger partial charge is 0.320 e. The highest BCUT2D eigenvalue weighted by Gasteiger charge is 2.14. The molecule has 0 heterocycles. The fourth-order valence-electron chi connectivity index (χ4n) is 1.14. The van der Waals surface area contributed by atoms with Crippen LogP contribution >= 0.6 is 0 Å². The first-order valence-corrected chi connectivity index (χ1v) is 4.35. The highest BCUT2D eigenvalue weighted by molar-refractivity contribution is 5.73. The molecule has 0 aliphatic carbocycles. The Morgan fingerprint density at radius 1 is 1.67 bits per heavy atom. The summed E-state index contributed by atoms with van der Waals surface area (Å²) in [5, 5.41) is 8.56. The zero-order valence-corrected chi connectivity index (χ0v) is 8.24. The number of carboxylic acid groups (broad SMARTS) is 1. The van der Waals surface area contributed by atoms with Crippen molar-refractivity contribution in [3.8, 4) is 5.75 Å². The quantitative estimate of drug-likeness (QED) is 0.773. The molecular formula is C10H12FNO3. The number of benzene rings is 1. The third kappa shape index (κ3) is 2.92. The molecule has 0 fully saturated rings. The lowest BCUT2D eigenvalue weighted by atomic mass is 10.1. The van der Waals surface area contributed by atoms with Crippen LogP contribution in [0.2, 0.25) is 0 Å². The van der Waals surface area contributed by atoms with E-state index in [9.17, 15) is 9.18 Å². The maximum atomic E-state index is 13.3. The molecule has 0 radical (unpaired) electrons. The van der Waals surface area contributed by atoms with Crippen LogP contribution in [0.1, 0.15) is 5.56 Å². The lowest BCUT2D eigenvalue weighted by Crippen LogP contribution is -2.32. The predicted octanol–water partition coefficient (Wildman–Crippen LogP) is 0.789. The van der Waals surface area contributed by atoms with Gasteiger partial charge in [-0.15, -0.1) is 0 Å². The van der Waals surface area contributed by atoms with Gasteiger partial charge in [0.25, 0.3) is 0 Å². The maximum Gasteiger partial charge on any atom is 0.320 e. The van der Waals surface area contributed by atoms with Crippen molar-refractivity contribution >= 4 is 5.97 Å². The molecule has 0 saturated heterocycles. The summed E-state index contributed by atoms with van der Waals surface area (Å²) in [6.07, 6.45) is -0.0365. The van der Waals surface area contributed by atoms with Crippen molar-refractivity contribution < 1.29 is 19.0 Å². The molecule has 4 nitrogen and oxygen atoms in total. The number of halogens is 1. The molecule has 0 amide bonds. The van der Waals surface area contributed by atoms with Crippen LogP contribution in [0.4, 0.5) is 4.39 Å². The van der Waals surface area contributed by atoms with Gasteiger partial charge in [0.2, 0.25) is 0 Å². The zero-order valence-electron chi connectivity index (χ0n) is 8.24. The normalized spacial score (nSPS) is 12.2. The molecule has 0 aliphatic rings. The second kappa shape index (κ2) is 4.75. The number of hydrogen-bond donors (Lipinski definition) is 2. The standard InChI is InChI=1S/C10H12FNO3/c1-15-7-3-2-6(8(11)5-7)4-9(12)10(13)14/h2-3,5,9H,4,12H2,1H3,(H,13,14)/i11-1. The van der Waals surface area contributed by atoms with E-state index >= 15 is 0 Å². The number of aliphatic carboxylic acids is 1. The third-order valence-corrected chi connectivity index (χ3v) is 2.02. The average Bonchev–Trinajstić information content (AvgIpc) is 2.20. The van der Waals surface area contributed by atoms with Crippen LogP contribution in [0.3, 0.4) is 0 Å². The van der Waals surface area contributed by atoms with E-state index in [1.54, 1.807) is 6.07 Å². The van der Waals surface area contributed by atoms with Crippen molar-refractivity contribution in [2.75, 3.05) is 7.11 Å². The number of rotatable bonds is 4. The highest BCUT2D eigenvalue weighted by atomic mass is 18.2. The van der Waals surface area contributed by atoms with Gasteiger partial charge in [0, 0.05) is 12.5 Å². The molecule has 0 aliphatic heterocycles. The minimum atomic E-state index is -1.15. The van der Waals surface area contributed by atoms with Crippen LogP contribution in [-0.4, -0.2) is 24.2 Å². The van der Waals surface area contributed by atoms with Gasteiger partial charge in [0.1, 0.15) is 17.6 Å². The van der Waals surface area contributed by atoms with Gasteiger partial charge in [-0.1, -0.05) is 6.07 Å². The predicted molar refractivity (Wildman–Crippen MR) is 52.3 cm³/mol. The number of ether oxygens (including phenoxy) is 1. The second-order valence-electron chi connectivity index (χ2n) is 3.11. The molecule has 1 atom stereocenters. The van der Waals surface area contributed by atoms with Crippen LogP contribution in [0, 0.1) is 5.82 Å². The van der Waals surface area contributed by atoms with Gasteiger partial charge in [-0.05, 0) is 11.6 Å². The summed E-state index contributed by atoms with van der Waals surface area (Å²) < 4.78 is 18.1. The fourth-order valence-corrected chi connectivity index (χ4v) is 1.14. The highest BCUT2D eigenvalue weighted by Crippen LogP contribution is 2.17. The fraction of sp³-hybridized carbons (Fsp3) is 0.300. The summed E-state index contributed by atoms with van der Waals surface area (Å²) in [7, 11) is 1.43. The van der Waals surface area contributed by atoms with E-state index in [0.29, 0.717) is 5.75 Å². The van der Waals surface area contributed by atoms with Gasteiger partial charge in [-0.2, -0.15) is 0 Å². The van der Waals surface area contributed by atoms with Crippen LogP contribution in [0.5, 0.6) is 5.75 Å². The molecule has 15 heavy (non-hydrogen) atoms. The van der Waals surface area contributed by atoms with Crippen molar-refractivity contribution in [1.29, 1.82) is 0 Å².